The Labute approximate surface area is 164 Å². The lowest BCUT2D eigenvalue weighted by Gasteiger charge is -2.39. The van der Waals surface area contributed by atoms with Gasteiger partial charge in [0.05, 0.1) is 0 Å². The number of nitrogens with one attached hydrogen (secondary N) is 1. The normalized spacial score (nSPS) is 27.9. The Kier molecular flexibility index (Phi) is 6.63. The van der Waals surface area contributed by atoms with Crippen LogP contribution in [-0.4, -0.2) is 37.0 Å². The van der Waals surface area contributed by atoms with Crippen LogP contribution >= 0.6 is 12.4 Å². The summed E-state index contributed by atoms with van der Waals surface area (Å²) in [6, 6.07) is 10.9. The van der Waals surface area contributed by atoms with Gasteiger partial charge in [-0.1, -0.05) is 30.3 Å². The molecule has 2 heterocycles. The number of carbonyl (C=O) groups is 1. The van der Waals surface area contributed by atoms with Crippen molar-refractivity contribution in [3.05, 3.63) is 35.9 Å². The predicted molar refractivity (Wildman–Crippen MR) is 109 cm³/mol. The van der Waals surface area contributed by atoms with Crippen molar-refractivity contribution < 1.29 is 4.79 Å². The summed E-state index contributed by atoms with van der Waals surface area (Å²) in [5.41, 5.74) is 1.99. The molecule has 26 heavy (non-hydrogen) atoms. The van der Waals surface area contributed by atoms with Gasteiger partial charge in [-0.2, -0.15) is 0 Å². The second-order valence-electron chi connectivity index (χ2n) is 8.64. The van der Waals surface area contributed by atoms with Crippen LogP contribution in [0.3, 0.4) is 0 Å². The van der Waals surface area contributed by atoms with E-state index in [4.69, 9.17) is 0 Å². The van der Waals surface area contributed by atoms with E-state index in [1.807, 2.05) is 0 Å². The molecule has 0 radical (unpaired) electrons. The van der Waals surface area contributed by atoms with E-state index in [2.05, 4.69) is 40.5 Å². The van der Waals surface area contributed by atoms with E-state index >= 15 is 0 Å². The highest BCUT2D eigenvalue weighted by molar-refractivity contribution is 5.85. The van der Waals surface area contributed by atoms with Crippen molar-refractivity contribution in [3.8, 4) is 0 Å². The Morgan fingerprint density at radius 2 is 1.73 bits per heavy atom. The Morgan fingerprint density at radius 3 is 2.35 bits per heavy atom. The zero-order valence-electron chi connectivity index (χ0n) is 15.8. The molecule has 4 rings (SSSR count). The minimum Gasteiger partial charge on any atom is -0.343 e. The van der Waals surface area contributed by atoms with Crippen LogP contribution in [-0.2, 0) is 4.79 Å². The summed E-state index contributed by atoms with van der Waals surface area (Å²) in [5, 5.41) is 3.51. The fourth-order valence-corrected chi connectivity index (χ4v) is 5.25. The predicted octanol–water partition coefficient (Wildman–Crippen LogP) is 4.37. The number of piperidine rings is 1. The first-order valence-electron chi connectivity index (χ1n) is 10.3. The summed E-state index contributed by atoms with van der Waals surface area (Å²) in [5.74, 6) is 1.73. The lowest BCUT2D eigenvalue weighted by atomic mass is 9.76. The van der Waals surface area contributed by atoms with Crippen LogP contribution in [0.1, 0.15) is 62.8 Å². The maximum atomic E-state index is 12.7. The van der Waals surface area contributed by atoms with Crippen LogP contribution in [0.2, 0.25) is 0 Å². The molecule has 144 valence electrons. The largest absolute Gasteiger partial charge is 0.343 e. The van der Waals surface area contributed by atoms with Gasteiger partial charge in [-0.05, 0) is 74.3 Å². The number of halogens is 1. The highest BCUT2D eigenvalue weighted by atomic mass is 35.5. The van der Waals surface area contributed by atoms with E-state index in [0.717, 1.165) is 19.5 Å². The molecular weight excluding hydrogens is 344 g/mol. The standard InChI is InChI=1S/C22H32N2O.ClH/c25-21(24-14-11-22(12-15-24)10-13-23-17-22)16-18-6-8-20(9-7-18)19-4-2-1-3-5-19;/h1-5,18,20,23H,6-17H2;1H. The molecule has 1 aliphatic carbocycles. The van der Waals surface area contributed by atoms with Gasteiger partial charge >= 0.3 is 0 Å². The molecule has 0 bridgehead atoms. The van der Waals surface area contributed by atoms with Gasteiger partial charge in [-0.3, -0.25) is 4.79 Å². The van der Waals surface area contributed by atoms with Crippen molar-refractivity contribution in [1.29, 1.82) is 0 Å². The van der Waals surface area contributed by atoms with Crippen LogP contribution in [0.5, 0.6) is 0 Å². The zero-order valence-corrected chi connectivity index (χ0v) is 16.6. The number of likely N-dealkylation sites (tertiary alicyclic amines) is 1. The third-order valence-corrected chi connectivity index (χ3v) is 7.09. The van der Waals surface area contributed by atoms with Gasteiger partial charge in [-0.15, -0.1) is 12.4 Å². The lowest BCUT2D eigenvalue weighted by molar-refractivity contribution is -0.134. The Morgan fingerprint density at radius 1 is 1.04 bits per heavy atom. The average Bonchev–Trinajstić information content (AvgIpc) is 3.11. The SMILES string of the molecule is Cl.O=C(CC1CCC(c2ccccc2)CC1)N1CCC2(CCNC2)CC1. The first-order chi connectivity index (χ1) is 12.2. The number of hydrogen-bond acceptors (Lipinski definition) is 2. The second kappa shape index (κ2) is 8.75. The number of nitrogens with zero attached hydrogens (tertiary/aromatic N) is 1. The van der Waals surface area contributed by atoms with Crippen LogP contribution in [0.25, 0.3) is 0 Å². The smallest absolute Gasteiger partial charge is 0.222 e. The number of hydrogen-bond donors (Lipinski definition) is 1. The Bertz CT molecular complexity index is 567. The van der Waals surface area contributed by atoms with Gasteiger partial charge in [0.1, 0.15) is 0 Å². The summed E-state index contributed by atoms with van der Waals surface area (Å²) in [4.78, 5) is 14.9. The molecule has 3 aliphatic rings. The van der Waals surface area contributed by atoms with Gasteiger partial charge in [0.25, 0.3) is 0 Å². The topological polar surface area (TPSA) is 32.3 Å². The molecule has 4 heteroatoms. The van der Waals surface area contributed by atoms with Crippen molar-refractivity contribution in [2.45, 2.75) is 57.3 Å². The maximum Gasteiger partial charge on any atom is 0.222 e. The molecule has 1 saturated carbocycles. The minimum atomic E-state index is 0. The fourth-order valence-electron chi connectivity index (χ4n) is 5.25. The minimum absolute atomic E-state index is 0. The summed E-state index contributed by atoms with van der Waals surface area (Å²) < 4.78 is 0. The highest BCUT2D eigenvalue weighted by Crippen LogP contribution is 2.39. The molecule has 1 amide bonds. The van der Waals surface area contributed by atoms with Gasteiger partial charge < -0.3 is 10.2 Å². The molecule has 1 aromatic carbocycles. The summed E-state index contributed by atoms with van der Waals surface area (Å²) in [6.45, 7) is 4.30. The van der Waals surface area contributed by atoms with Gasteiger partial charge in [0.2, 0.25) is 5.91 Å². The molecule has 0 aromatic heterocycles. The van der Waals surface area contributed by atoms with Crippen LogP contribution in [0.4, 0.5) is 0 Å². The Balaban J connectivity index is 0.00000196. The summed E-state index contributed by atoms with van der Waals surface area (Å²) in [7, 11) is 0. The van der Waals surface area contributed by atoms with E-state index in [0.29, 0.717) is 23.2 Å². The van der Waals surface area contributed by atoms with E-state index < -0.39 is 0 Å². The van der Waals surface area contributed by atoms with Gasteiger partial charge in [0.15, 0.2) is 0 Å². The molecule has 0 unspecified atom stereocenters. The van der Waals surface area contributed by atoms with E-state index in [-0.39, 0.29) is 12.4 Å². The van der Waals surface area contributed by atoms with Crippen molar-refractivity contribution >= 4 is 18.3 Å². The fraction of sp³-hybridized carbons (Fsp3) is 0.682. The average molecular weight is 377 g/mol. The van der Waals surface area contributed by atoms with E-state index in [9.17, 15) is 4.79 Å². The first kappa shape index (κ1) is 19.7. The number of amides is 1. The number of rotatable bonds is 3. The molecular formula is C22H33ClN2O. The van der Waals surface area contributed by atoms with Gasteiger partial charge in [-0.25, -0.2) is 0 Å². The molecule has 1 aromatic rings. The van der Waals surface area contributed by atoms with Crippen molar-refractivity contribution in [2.75, 3.05) is 26.2 Å². The number of benzene rings is 1. The monoisotopic (exact) mass is 376 g/mol. The van der Waals surface area contributed by atoms with Crippen LogP contribution < -0.4 is 5.32 Å². The first-order valence-corrected chi connectivity index (χ1v) is 10.3. The molecule has 1 N–H and O–H groups in total. The molecule has 2 aliphatic heterocycles. The van der Waals surface area contributed by atoms with E-state index in [1.54, 1.807) is 0 Å². The Hall–Kier alpha value is -1.06. The molecule has 3 fully saturated rings. The van der Waals surface area contributed by atoms with Crippen molar-refractivity contribution in [1.82, 2.24) is 10.2 Å². The lowest BCUT2D eigenvalue weighted by Crippen LogP contribution is -2.44. The molecule has 2 saturated heterocycles. The maximum absolute atomic E-state index is 12.7. The highest BCUT2D eigenvalue weighted by Gasteiger charge is 2.38. The summed E-state index contributed by atoms with van der Waals surface area (Å²) >= 11 is 0. The second-order valence-corrected chi connectivity index (χ2v) is 8.64. The summed E-state index contributed by atoms with van der Waals surface area (Å²) in [6.07, 6.45) is 9.41. The third-order valence-electron chi connectivity index (χ3n) is 7.09. The molecule has 1 spiro atoms. The van der Waals surface area contributed by atoms with Crippen molar-refractivity contribution in [2.24, 2.45) is 11.3 Å². The van der Waals surface area contributed by atoms with Crippen LogP contribution in [0, 0.1) is 11.3 Å². The molecule has 3 nitrogen and oxygen atoms in total. The van der Waals surface area contributed by atoms with E-state index in [1.165, 1.54) is 63.6 Å². The zero-order chi connectivity index (χ0) is 17.1. The van der Waals surface area contributed by atoms with Crippen LogP contribution in [0.15, 0.2) is 30.3 Å². The van der Waals surface area contributed by atoms with Gasteiger partial charge in [0, 0.05) is 26.1 Å². The third kappa shape index (κ3) is 4.43. The number of carbonyl (C=O) groups excluding carboxylic acids is 1. The van der Waals surface area contributed by atoms with Crippen molar-refractivity contribution in [3.63, 3.8) is 0 Å². The quantitative estimate of drug-likeness (QED) is 0.849. The molecule has 0 atom stereocenters.